The van der Waals surface area contributed by atoms with E-state index < -0.39 is 6.43 Å². The summed E-state index contributed by atoms with van der Waals surface area (Å²) in [5.41, 5.74) is 0.749. The second-order valence-electron chi connectivity index (χ2n) is 2.76. The summed E-state index contributed by atoms with van der Waals surface area (Å²) in [6.07, 6.45) is -2.57. The van der Waals surface area contributed by atoms with Crippen molar-refractivity contribution in [2.24, 2.45) is 0 Å². The van der Waals surface area contributed by atoms with Gasteiger partial charge in [-0.3, -0.25) is 0 Å². The molecule has 0 spiro atoms. The molecule has 0 fully saturated rings. The Morgan fingerprint density at radius 3 is 2.79 bits per heavy atom. The number of halogens is 3. The van der Waals surface area contributed by atoms with Crippen molar-refractivity contribution in [3.63, 3.8) is 0 Å². The van der Waals surface area contributed by atoms with Gasteiger partial charge in [0, 0.05) is 4.47 Å². The van der Waals surface area contributed by atoms with Crippen LogP contribution in [0.15, 0.2) is 10.5 Å². The van der Waals surface area contributed by atoms with Gasteiger partial charge in [-0.1, -0.05) is 0 Å². The lowest BCUT2D eigenvalue weighted by Crippen LogP contribution is -1.99. The second-order valence-corrected chi connectivity index (χ2v) is 3.55. The number of rotatable bonds is 2. The predicted octanol–water partition coefficient (Wildman–Crippen LogP) is 3.16. The fourth-order valence-electron chi connectivity index (χ4n) is 1.05. The molecule has 1 rings (SSSR count). The molecule has 0 saturated carbocycles. The lowest BCUT2D eigenvalue weighted by molar-refractivity contribution is 0.145. The number of alkyl halides is 2. The smallest absolute Gasteiger partial charge is 0.250 e. The van der Waals surface area contributed by atoms with Gasteiger partial charge >= 0.3 is 0 Å². The average Bonchev–Trinajstić information content (AvgIpc) is 2.12. The van der Waals surface area contributed by atoms with Crippen molar-refractivity contribution in [3.8, 4) is 6.07 Å². The van der Waals surface area contributed by atoms with Gasteiger partial charge in [0.05, 0.1) is 18.2 Å². The molecule has 14 heavy (non-hydrogen) atoms. The van der Waals surface area contributed by atoms with E-state index in [1.807, 2.05) is 6.07 Å². The van der Waals surface area contributed by atoms with Gasteiger partial charge in [-0.25, -0.2) is 13.8 Å². The SMILES string of the molecule is Cc1cc(C(F)F)nc(CC#N)c1Br. The number of aromatic nitrogens is 1. The van der Waals surface area contributed by atoms with Crippen molar-refractivity contribution in [3.05, 3.63) is 27.5 Å². The number of pyridine rings is 1. The molecule has 0 saturated heterocycles. The van der Waals surface area contributed by atoms with Crippen molar-refractivity contribution in [1.82, 2.24) is 4.98 Å². The van der Waals surface area contributed by atoms with E-state index in [1.165, 1.54) is 6.07 Å². The number of nitriles is 1. The van der Waals surface area contributed by atoms with Crippen LogP contribution in [0, 0.1) is 18.3 Å². The molecule has 0 aliphatic carbocycles. The number of hydrogen-bond acceptors (Lipinski definition) is 2. The Balaban J connectivity index is 3.22. The Kier molecular flexibility index (Phi) is 3.53. The second kappa shape index (κ2) is 4.47. The molecule has 0 unspecified atom stereocenters. The highest BCUT2D eigenvalue weighted by atomic mass is 79.9. The molecule has 1 aromatic rings. The summed E-state index contributed by atoms with van der Waals surface area (Å²) >= 11 is 3.21. The molecule has 74 valence electrons. The van der Waals surface area contributed by atoms with E-state index in [4.69, 9.17) is 5.26 Å². The zero-order valence-electron chi connectivity index (χ0n) is 7.39. The number of aryl methyl sites for hydroxylation is 1. The first-order valence-corrected chi connectivity index (χ1v) is 4.66. The molecule has 0 bridgehead atoms. The average molecular weight is 261 g/mol. The van der Waals surface area contributed by atoms with E-state index in [9.17, 15) is 8.78 Å². The largest absolute Gasteiger partial charge is 0.280 e. The van der Waals surface area contributed by atoms with Gasteiger partial charge in [0.15, 0.2) is 0 Å². The maximum atomic E-state index is 12.3. The van der Waals surface area contributed by atoms with Crippen molar-refractivity contribution in [1.29, 1.82) is 5.26 Å². The molecule has 2 nitrogen and oxygen atoms in total. The topological polar surface area (TPSA) is 36.7 Å². The van der Waals surface area contributed by atoms with Crippen LogP contribution < -0.4 is 0 Å². The minimum atomic E-state index is -2.60. The van der Waals surface area contributed by atoms with Gasteiger partial charge in [-0.2, -0.15) is 5.26 Å². The first-order valence-electron chi connectivity index (χ1n) is 3.87. The van der Waals surface area contributed by atoms with Gasteiger partial charge in [-0.05, 0) is 34.5 Å². The number of hydrogen-bond donors (Lipinski definition) is 0. The van der Waals surface area contributed by atoms with Gasteiger partial charge in [0.1, 0.15) is 5.69 Å². The van der Waals surface area contributed by atoms with Crippen LogP contribution in [0.4, 0.5) is 8.78 Å². The zero-order chi connectivity index (χ0) is 10.7. The minimum Gasteiger partial charge on any atom is -0.250 e. The Labute approximate surface area is 88.7 Å². The Morgan fingerprint density at radius 1 is 1.64 bits per heavy atom. The van der Waals surface area contributed by atoms with Crippen LogP contribution in [0.5, 0.6) is 0 Å². The standard InChI is InChI=1S/C9H7BrF2N2/c1-5-4-7(9(11)12)14-6(2-3-13)8(5)10/h4,9H,2H2,1H3. The van der Waals surface area contributed by atoms with Crippen LogP contribution in [0.3, 0.4) is 0 Å². The summed E-state index contributed by atoms with van der Waals surface area (Å²) in [6.45, 7) is 1.69. The molecule has 0 radical (unpaired) electrons. The summed E-state index contributed by atoms with van der Waals surface area (Å²) in [6, 6.07) is 3.20. The van der Waals surface area contributed by atoms with Crippen molar-refractivity contribution in [2.75, 3.05) is 0 Å². The van der Waals surface area contributed by atoms with Crippen LogP contribution in [-0.4, -0.2) is 4.98 Å². The van der Waals surface area contributed by atoms with Gasteiger partial charge in [-0.15, -0.1) is 0 Å². The van der Waals surface area contributed by atoms with E-state index in [0.717, 1.165) is 0 Å². The fourth-order valence-corrected chi connectivity index (χ4v) is 1.40. The van der Waals surface area contributed by atoms with E-state index in [2.05, 4.69) is 20.9 Å². The van der Waals surface area contributed by atoms with Gasteiger partial charge < -0.3 is 0 Å². The molecular formula is C9H7BrF2N2. The van der Waals surface area contributed by atoms with Crippen LogP contribution in [-0.2, 0) is 6.42 Å². The van der Waals surface area contributed by atoms with Crippen molar-refractivity contribution < 1.29 is 8.78 Å². The highest BCUT2D eigenvalue weighted by Crippen LogP contribution is 2.25. The molecule has 0 N–H and O–H groups in total. The van der Waals surface area contributed by atoms with Crippen LogP contribution in [0.2, 0.25) is 0 Å². The quantitative estimate of drug-likeness (QED) is 0.819. The molecule has 0 aliphatic rings. The third-order valence-electron chi connectivity index (χ3n) is 1.70. The predicted molar refractivity (Wildman–Crippen MR) is 50.9 cm³/mol. The normalized spacial score (nSPS) is 10.3. The van der Waals surface area contributed by atoms with E-state index in [1.54, 1.807) is 6.92 Å². The zero-order valence-corrected chi connectivity index (χ0v) is 8.98. The minimum absolute atomic E-state index is 0.0297. The van der Waals surface area contributed by atoms with Gasteiger partial charge in [0.25, 0.3) is 6.43 Å². The first kappa shape index (κ1) is 11.1. The van der Waals surface area contributed by atoms with E-state index >= 15 is 0 Å². The number of nitrogens with zero attached hydrogens (tertiary/aromatic N) is 2. The highest BCUT2D eigenvalue weighted by Gasteiger charge is 2.13. The summed E-state index contributed by atoms with van der Waals surface area (Å²) in [4.78, 5) is 3.70. The summed E-state index contributed by atoms with van der Waals surface area (Å²) in [5, 5.41) is 8.47. The van der Waals surface area contributed by atoms with E-state index in [-0.39, 0.29) is 12.1 Å². The van der Waals surface area contributed by atoms with Crippen LogP contribution in [0.25, 0.3) is 0 Å². The molecule has 1 aromatic heterocycles. The molecule has 0 atom stereocenters. The molecule has 5 heteroatoms. The summed E-state index contributed by atoms with van der Waals surface area (Å²) < 4.78 is 25.3. The van der Waals surface area contributed by atoms with Crippen LogP contribution >= 0.6 is 15.9 Å². The Morgan fingerprint density at radius 2 is 2.29 bits per heavy atom. The van der Waals surface area contributed by atoms with Crippen molar-refractivity contribution >= 4 is 15.9 Å². The lowest BCUT2D eigenvalue weighted by atomic mass is 10.2. The molecule has 1 heterocycles. The highest BCUT2D eigenvalue weighted by molar-refractivity contribution is 9.10. The fraction of sp³-hybridized carbons (Fsp3) is 0.333. The molecule has 0 aromatic carbocycles. The summed E-state index contributed by atoms with van der Waals surface area (Å²) in [7, 11) is 0. The third-order valence-corrected chi connectivity index (χ3v) is 2.78. The Bertz CT molecular complexity index is 385. The Hall–Kier alpha value is -1.02. The molecule has 0 amide bonds. The van der Waals surface area contributed by atoms with Crippen molar-refractivity contribution in [2.45, 2.75) is 19.8 Å². The monoisotopic (exact) mass is 260 g/mol. The first-order chi connectivity index (χ1) is 6.56. The maximum Gasteiger partial charge on any atom is 0.280 e. The summed E-state index contributed by atoms with van der Waals surface area (Å²) in [5.74, 6) is 0. The lowest BCUT2D eigenvalue weighted by Gasteiger charge is -2.06. The van der Waals surface area contributed by atoms with Crippen LogP contribution in [0.1, 0.15) is 23.4 Å². The third kappa shape index (κ3) is 2.26. The van der Waals surface area contributed by atoms with E-state index in [0.29, 0.717) is 15.7 Å². The molecular weight excluding hydrogens is 254 g/mol. The van der Waals surface area contributed by atoms with Gasteiger partial charge in [0.2, 0.25) is 0 Å². The maximum absolute atomic E-state index is 12.3. The molecule has 0 aliphatic heterocycles.